The number of hydrogen-bond acceptors (Lipinski definition) is 2. The Morgan fingerprint density at radius 1 is 1.60 bits per heavy atom. The molecule has 0 atom stereocenters. The first-order valence-corrected chi connectivity index (χ1v) is 4.89. The van der Waals surface area contributed by atoms with Crippen LogP contribution >= 0.6 is 11.8 Å². The molecule has 0 saturated carbocycles. The third-order valence-corrected chi connectivity index (χ3v) is 3.00. The highest BCUT2D eigenvalue weighted by Crippen LogP contribution is 2.26. The molecule has 1 aliphatic rings. The van der Waals surface area contributed by atoms with Gasteiger partial charge < -0.3 is 4.74 Å². The molecule has 0 aliphatic carbocycles. The molecule has 0 aromatic carbocycles. The number of thioether (sulfide) groups is 1. The van der Waals surface area contributed by atoms with E-state index in [2.05, 4.69) is 0 Å². The Labute approximate surface area is 66.8 Å². The van der Waals surface area contributed by atoms with Crippen LogP contribution < -0.4 is 0 Å². The zero-order chi connectivity index (χ0) is 7.23. The summed E-state index contributed by atoms with van der Waals surface area (Å²) in [6, 6.07) is 0. The summed E-state index contributed by atoms with van der Waals surface area (Å²) >= 11 is 2.04. The number of hydrogen-bond donors (Lipinski definition) is 0. The average molecular weight is 158 g/mol. The van der Waals surface area contributed by atoms with Gasteiger partial charge in [-0.25, -0.2) is 0 Å². The van der Waals surface area contributed by atoms with Crippen LogP contribution in [0.5, 0.6) is 0 Å². The SMILES string of the molecule is C/C=C/OCCC1CSC1. The maximum absolute atomic E-state index is 5.20. The Hall–Kier alpha value is -0.110. The van der Waals surface area contributed by atoms with E-state index in [0.717, 1.165) is 12.5 Å². The summed E-state index contributed by atoms with van der Waals surface area (Å²) in [6.07, 6.45) is 4.93. The normalized spacial score (nSPS) is 19.3. The minimum absolute atomic E-state index is 0.898. The lowest BCUT2D eigenvalue weighted by Gasteiger charge is -2.23. The van der Waals surface area contributed by atoms with E-state index in [1.54, 1.807) is 6.26 Å². The van der Waals surface area contributed by atoms with Crippen LogP contribution in [0, 0.1) is 5.92 Å². The molecule has 0 aromatic heterocycles. The van der Waals surface area contributed by atoms with Crippen LogP contribution in [0.1, 0.15) is 13.3 Å². The second-order valence-electron chi connectivity index (χ2n) is 2.53. The molecule has 10 heavy (non-hydrogen) atoms. The second-order valence-corrected chi connectivity index (χ2v) is 3.61. The summed E-state index contributed by atoms with van der Waals surface area (Å²) in [7, 11) is 0. The highest BCUT2D eigenvalue weighted by Gasteiger charge is 2.16. The number of rotatable bonds is 4. The Bertz CT molecular complexity index is 108. The van der Waals surface area contributed by atoms with Gasteiger partial charge >= 0.3 is 0 Å². The molecule has 1 rings (SSSR count). The Kier molecular flexibility index (Phi) is 3.73. The topological polar surface area (TPSA) is 9.23 Å². The van der Waals surface area contributed by atoms with Crippen LogP contribution in [0.25, 0.3) is 0 Å². The highest BCUT2D eigenvalue weighted by molar-refractivity contribution is 8.00. The predicted molar refractivity (Wildman–Crippen MR) is 46.2 cm³/mol. The van der Waals surface area contributed by atoms with E-state index in [4.69, 9.17) is 4.74 Å². The summed E-state index contributed by atoms with van der Waals surface area (Å²) in [6.45, 7) is 2.87. The largest absolute Gasteiger partial charge is 0.502 e. The molecule has 1 nitrogen and oxygen atoms in total. The van der Waals surface area contributed by atoms with E-state index < -0.39 is 0 Å². The van der Waals surface area contributed by atoms with E-state index >= 15 is 0 Å². The van der Waals surface area contributed by atoms with E-state index in [0.29, 0.717) is 0 Å². The Morgan fingerprint density at radius 2 is 2.40 bits per heavy atom. The second kappa shape index (κ2) is 4.67. The fourth-order valence-electron chi connectivity index (χ4n) is 0.850. The van der Waals surface area contributed by atoms with Crippen molar-refractivity contribution >= 4 is 11.8 Å². The van der Waals surface area contributed by atoms with Crippen molar-refractivity contribution in [1.82, 2.24) is 0 Å². The van der Waals surface area contributed by atoms with Gasteiger partial charge in [0, 0.05) is 0 Å². The molecule has 0 spiro atoms. The Balaban J connectivity index is 1.85. The van der Waals surface area contributed by atoms with Crippen molar-refractivity contribution in [3.05, 3.63) is 12.3 Å². The summed E-state index contributed by atoms with van der Waals surface area (Å²) < 4.78 is 5.20. The first-order valence-electron chi connectivity index (χ1n) is 3.74. The van der Waals surface area contributed by atoms with E-state index in [1.807, 2.05) is 24.8 Å². The maximum atomic E-state index is 5.20. The molecule has 0 bridgehead atoms. The van der Waals surface area contributed by atoms with Crippen LogP contribution in [0.15, 0.2) is 12.3 Å². The fraction of sp³-hybridized carbons (Fsp3) is 0.750. The van der Waals surface area contributed by atoms with Gasteiger partial charge in [-0.15, -0.1) is 0 Å². The van der Waals surface area contributed by atoms with E-state index in [-0.39, 0.29) is 0 Å². The first-order chi connectivity index (χ1) is 4.93. The molecule has 0 N–H and O–H groups in total. The smallest absolute Gasteiger partial charge is 0.0876 e. The van der Waals surface area contributed by atoms with Crippen molar-refractivity contribution in [1.29, 1.82) is 0 Å². The van der Waals surface area contributed by atoms with E-state index in [1.165, 1.54) is 17.9 Å². The van der Waals surface area contributed by atoms with Gasteiger partial charge in [-0.2, -0.15) is 11.8 Å². The average Bonchev–Trinajstić information content (AvgIpc) is 1.84. The molecule has 0 aromatic rings. The van der Waals surface area contributed by atoms with Gasteiger partial charge in [-0.3, -0.25) is 0 Å². The van der Waals surface area contributed by atoms with Gasteiger partial charge in [0.05, 0.1) is 12.9 Å². The zero-order valence-electron chi connectivity index (χ0n) is 6.38. The summed E-state index contributed by atoms with van der Waals surface area (Å²) in [5.41, 5.74) is 0. The van der Waals surface area contributed by atoms with Crippen molar-refractivity contribution < 1.29 is 4.74 Å². The Morgan fingerprint density at radius 3 is 2.90 bits per heavy atom. The van der Waals surface area contributed by atoms with Gasteiger partial charge in [0.25, 0.3) is 0 Å². The number of allylic oxidation sites excluding steroid dienone is 1. The molecule has 0 radical (unpaired) electrons. The molecule has 1 fully saturated rings. The van der Waals surface area contributed by atoms with Crippen molar-refractivity contribution in [2.75, 3.05) is 18.1 Å². The quantitative estimate of drug-likeness (QED) is 0.458. The van der Waals surface area contributed by atoms with Crippen LogP contribution in [0.3, 0.4) is 0 Å². The lowest BCUT2D eigenvalue weighted by molar-refractivity contribution is 0.228. The summed E-state index contributed by atoms with van der Waals surface area (Å²) in [5, 5.41) is 0. The lowest BCUT2D eigenvalue weighted by Crippen LogP contribution is -2.19. The van der Waals surface area contributed by atoms with Crippen LogP contribution in [-0.4, -0.2) is 18.1 Å². The van der Waals surface area contributed by atoms with Gasteiger partial charge in [0.2, 0.25) is 0 Å². The molecule has 1 heterocycles. The maximum Gasteiger partial charge on any atom is 0.0876 e. The van der Waals surface area contributed by atoms with Crippen molar-refractivity contribution in [2.24, 2.45) is 5.92 Å². The summed E-state index contributed by atoms with van der Waals surface area (Å²) in [4.78, 5) is 0. The van der Waals surface area contributed by atoms with Crippen molar-refractivity contribution in [2.45, 2.75) is 13.3 Å². The highest BCUT2D eigenvalue weighted by atomic mass is 32.2. The molecular formula is C8H14OS. The number of ether oxygens (including phenoxy) is 1. The minimum atomic E-state index is 0.898. The van der Waals surface area contributed by atoms with Crippen molar-refractivity contribution in [3.63, 3.8) is 0 Å². The van der Waals surface area contributed by atoms with Gasteiger partial charge in [-0.1, -0.05) is 6.08 Å². The summed E-state index contributed by atoms with van der Waals surface area (Å²) in [5.74, 6) is 3.63. The van der Waals surface area contributed by atoms with Crippen molar-refractivity contribution in [3.8, 4) is 0 Å². The molecule has 0 amide bonds. The molecule has 1 saturated heterocycles. The van der Waals surface area contributed by atoms with Crippen LogP contribution in [-0.2, 0) is 4.74 Å². The van der Waals surface area contributed by atoms with Crippen LogP contribution in [0.2, 0.25) is 0 Å². The molecule has 0 unspecified atom stereocenters. The monoisotopic (exact) mass is 158 g/mol. The zero-order valence-corrected chi connectivity index (χ0v) is 7.19. The molecule has 2 heteroatoms. The van der Waals surface area contributed by atoms with Gasteiger partial charge in [0.1, 0.15) is 0 Å². The van der Waals surface area contributed by atoms with Gasteiger partial charge in [0.15, 0.2) is 0 Å². The minimum Gasteiger partial charge on any atom is -0.502 e. The standard InChI is InChI=1S/C8H14OS/c1-2-4-9-5-3-8-6-10-7-8/h2,4,8H,3,5-7H2,1H3/b4-2+. The van der Waals surface area contributed by atoms with Gasteiger partial charge in [-0.05, 0) is 30.8 Å². The molecule has 1 aliphatic heterocycles. The first kappa shape index (κ1) is 7.99. The van der Waals surface area contributed by atoms with Crippen LogP contribution in [0.4, 0.5) is 0 Å². The molecular weight excluding hydrogens is 144 g/mol. The van der Waals surface area contributed by atoms with E-state index in [9.17, 15) is 0 Å². The lowest BCUT2D eigenvalue weighted by atomic mass is 10.1. The predicted octanol–water partition coefficient (Wildman–Crippen LogP) is 2.29. The third-order valence-electron chi connectivity index (χ3n) is 1.58. The molecule has 58 valence electrons. The fourth-order valence-corrected chi connectivity index (χ4v) is 1.75. The third kappa shape index (κ3) is 2.65.